The number of nitrogen functional groups attached to an aromatic ring is 1. The number of carbonyl (C=O) groups is 1. The minimum atomic E-state index is -3.65. The van der Waals surface area contributed by atoms with Crippen LogP contribution in [0.5, 0.6) is 0 Å². The van der Waals surface area contributed by atoms with Crippen LogP contribution in [0.2, 0.25) is 0 Å². The van der Waals surface area contributed by atoms with Gasteiger partial charge in [-0.05, 0) is 58.5 Å². The summed E-state index contributed by atoms with van der Waals surface area (Å²) < 4.78 is 32.9. The van der Waals surface area contributed by atoms with Gasteiger partial charge in [0.05, 0.1) is 4.90 Å². The van der Waals surface area contributed by atoms with Gasteiger partial charge in [-0.1, -0.05) is 18.2 Å². The number of nitrogens with one attached hydrogen (secondary N) is 1. The predicted molar refractivity (Wildman–Crippen MR) is 127 cm³/mol. The lowest BCUT2D eigenvalue weighted by Gasteiger charge is -2.27. The van der Waals surface area contributed by atoms with Gasteiger partial charge in [-0.3, -0.25) is 0 Å². The Labute approximate surface area is 190 Å². The van der Waals surface area contributed by atoms with E-state index in [0.717, 1.165) is 18.7 Å². The molecule has 1 aliphatic heterocycles. The third-order valence-electron chi connectivity index (χ3n) is 5.29. The summed E-state index contributed by atoms with van der Waals surface area (Å²) in [5, 5.41) is 0. The minimum absolute atomic E-state index is 0.179. The monoisotopic (exact) mass is 460 g/mol. The second kappa shape index (κ2) is 9.38. The highest BCUT2D eigenvalue weighted by Gasteiger charge is 2.25. The van der Waals surface area contributed by atoms with Gasteiger partial charge in [-0.2, -0.15) is 0 Å². The molecule has 1 fully saturated rings. The Morgan fingerprint density at radius 1 is 1.03 bits per heavy atom. The Bertz CT molecular complexity index is 1080. The summed E-state index contributed by atoms with van der Waals surface area (Å²) >= 11 is 0. The normalized spacial score (nSPS) is 15.4. The van der Waals surface area contributed by atoms with Crippen LogP contribution < -0.4 is 15.4 Å². The van der Waals surface area contributed by atoms with Crippen LogP contribution in [-0.2, 0) is 14.8 Å². The Balaban J connectivity index is 1.87. The molecule has 3 N–H and O–H groups in total. The van der Waals surface area contributed by atoms with E-state index in [9.17, 15) is 13.2 Å². The van der Waals surface area contributed by atoms with E-state index in [1.807, 2.05) is 32.9 Å². The zero-order chi connectivity index (χ0) is 23.5. The van der Waals surface area contributed by atoms with E-state index >= 15 is 0 Å². The van der Waals surface area contributed by atoms with Crippen LogP contribution in [0, 0.1) is 0 Å². The number of carbonyl (C=O) groups excluding carboxylic acids is 1. The van der Waals surface area contributed by atoms with Gasteiger partial charge < -0.3 is 20.3 Å². The van der Waals surface area contributed by atoms with Crippen LogP contribution in [0.3, 0.4) is 0 Å². The fourth-order valence-corrected chi connectivity index (χ4v) is 4.64. The first-order valence-corrected chi connectivity index (χ1v) is 12.2. The van der Waals surface area contributed by atoms with Crippen LogP contribution in [-0.4, -0.2) is 58.2 Å². The van der Waals surface area contributed by atoms with Gasteiger partial charge in [0.15, 0.2) is 0 Å². The summed E-state index contributed by atoms with van der Waals surface area (Å²) in [7, 11) is -2.26. The first kappa shape index (κ1) is 23.9. The molecule has 0 saturated carbocycles. The third kappa shape index (κ3) is 5.52. The van der Waals surface area contributed by atoms with Crippen LogP contribution >= 0.6 is 0 Å². The summed E-state index contributed by atoms with van der Waals surface area (Å²) in [5.74, 6) is 0. The van der Waals surface area contributed by atoms with Crippen LogP contribution in [0.1, 0.15) is 27.2 Å². The van der Waals surface area contributed by atoms with Crippen molar-refractivity contribution >= 4 is 27.5 Å². The topological polar surface area (TPSA) is 105 Å². The quantitative estimate of drug-likeness (QED) is 0.679. The van der Waals surface area contributed by atoms with Crippen molar-refractivity contribution in [2.75, 3.05) is 43.9 Å². The number of hydrogen-bond donors (Lipinski definition) is 2. The lowest BCUT2D eigenvalue weighted by molar-refractivity contribution is 0.0263. The molecule has 0 bridgehead atoms. The Kier molecular flexibility index (Phi) is 7.00. The molecule has 1 saturated heterocycles. The van der Waals surface area contributed by atoms with Crippen molar-refractivity contribution in [2.45, 2.75) is 37.7 Å². The second-order valence-corrected chi connectivity index (χ2v) is 10.6. The molecule has 0 radical (unpaired) electrons. The minimum Gasteiger partial charge on any atom is -0.444 e. The van der Waals surface area contributed by atoms with Crippen molar-refractivity contribution in [3.63, 3.8) is 0 Å². The van der Waals surface area contributed by atoms with Gasteiger partial charge in [0.25, 0.3) is 0 Å². The molecule has 1 aliphatic rings. The first-order chi connectivity index (χ1) is 15.0. The zero-order valence-electron chi connectivity index (χ0n) is 19.1. The summed E-state index contributed by atoms with van der Waals surface area (Å²) in [4.78, 5) is 16.6. The molecule has 0 spiro atoms. The summed E-state index contributed by atoms with van der Waals surface area (Å²) in [6, 6.07) is 12.4. The van der Waals surface area contributed by atoms with Crippen molar-refractivity contribution in [3.05, 3.63) is 42.5 Å². The molecule has 2 aromatic carbocycles. The van der Waals surface area contributed by atoms with Crippen molar-refractivity contribution in [2.24, 2.45) is 0 Å². The molecule has 174 valence electrons. The second-order valence-electron chi connectivity index (χ2n) is 8.78. The maximum Gasteiger partial charge on any atom is 0.410 e. The van der Waals surface area contributed by atoms with E-state index < -0.39 is 15.6 Å². The molecule has 32 heavy (non-hydrogen) atoms. The van der Waals surface area contributed by atoms with Gasteiger partial charge >= 0.3 is 6.09 Å². The number of anilines is 2. The van der Waals surface area contributed by atoms with E-state index in [-0.39, 0.29) is 11.0 Å². The number of amides is 1. The van der Waals surface area contributed by atoms with Crippen molar-refractivity contribution < 1.29 is 17.9 Å². The molecular formula is C23H32N4O4S. The van der Waals surface area contributed by atoms with Crippen LogP contribution in [0.15, 0.2) is 47.4 Å². The maximum atomic E-state index is 12.5. The van der Waals surface area contributed by atoms with Gasteiger partial charge in [0, 0.05) is 48.7 Å². The zero-order valence-corrected chi connectivity index (χ0v) is 19.9. The molecule has 0 aromatic heterocycles. The highest BCUT2D eigenvalue weighted by atomic mass is 32.2. The van der Waals surface area contributed by atoms with E-state index in [0.29, 0.717) is 36.4 Å². The van der Waals surface area contributed by atoms with Gasteiger partial charge in [-0.25, -0.2) is 17.9 Å². The van der Waals surface area contributed by atoms with Crippen LogP contribution in [0.4, 0.5) is 16.2 Å². The molecule has 1 amide bonds. The predicted octanol–water partition coefficient (Wildman–Crippen LogP) is 3.29. The SMILES string of the molecule is CNS(=O)(=O)c1ccccc1-c1cc(N2CCCN(C(=O)OC(C)(C)C)CC2)ccc1N. The standard InChI is InChI=1S/C23H32N4O4S/c1-23(2,3)31-22(28)27-13-7-12-26(14-15-27)17-10-11-20(24)19(16-17)18-8-5-6-9-21(18)32(29,30)25-4/h5-6,8-11,16,25H,7,12-15,24H2,1-4H3. The van der Waals surface area contributed by atoms with Gasteiger partial charge in [-0.15, -0.1) is 0 Å². The average Bonchev–Trinajstić information content (AvgIpc) is 2.99. The van der Waals surface area contributed by atoms with Crippen molar-refractivity contribution in [1.29, 1.82) is 0 Å². The lowest BCUT2D eigenvalue weighted by Crippen LogP contribution is -2.39. The summed E-state index contributed by atoms with van der Waals surface area (Å²) in [6.45, 7) is 8.14. The van der Waals surface area contributed by atoms with E-state index in [4.69, 9.17) is 10.5 Å². The molecule has 2 aromatic rings. The number of nitrogens with two attached hydrogens (primary N) is 1. The molecule has 9 heteroatoms. The molecular weight excluding hydrogens is 428 g/mol. The maximum absolute atomic E-state index is 12.5. The van der Waals surface area contributed by atoms with Gasteiger partial charge in [0.2, 0.25) is 10.0 Å². The summed E-state index contributed by atoms with van der Waals surface area (Å²) in [6.07, 6.45) is 0.493. The molecule has 0 unspecified atom stereocenters. The smallest absolute Gasteiger partial charge is 0.410 e. The van der Waals surface area contributed by atoms with E-state index in [1.165, 1.54) is 7.05 Å². The summed E-state index contributed by atoms with van der Waals surface area (Å²) in [5.41, 5.74) is 8.35. The number of sulfonamides is 1. The number of nitrogens with zero attached hydrogens (tertiary/aromatic N) is 2. The van der Waals surface area contributed by atoms with Gasteiger partial charge in [0.1, 0.15) is 5.60 Å². The Morgan fingerprint density at radius 2 is 1.75 bits per heavy atom. The van der Waals surface area contributed by atoms with Crippen molar-refractivity contribution in [1.82, 2.24) is 9.62 Å². The van der Waals surface area contributed by atoms with E-state index in [2.05, 4.69) is 9.62 Å². The van der Waals surface area contributed by atoms with Crippen molar-refractivity contribution in [3.8, 4) is 11.1 Å². The highest BCUT2D eigenvalue weighted by Crippen LogP contribution is 2.34. The molecule has 8 nitrogen and oxygen atoms in total. The van der Waals surface area contributed by atoms with E-state index in [1.54, 1.807) is 35.2 Å². The number of ether oxygens (including phenoxy) is 1. The lowest BCUT2D eigenvalue weighted by atomic mass is 10.0. The fourth-order valence-electron chi connectivity index (χ4n) is 3.69. The molecule has 0 atom stereocenters. The number of hydrogen-bond acceptors (Lipinski definition) is 6. The Morgan fingerprint density at radius 3 is 2.44 bits per heavy atom. The van der Waals surface area contributed by atoms with Crippen LogP contribution in [0.25, 0.3) is 11.1 Å². The fraction of sp³-hybridized carbons (Fsp3) is 0.435. The number of benzene rings is 2. The number of rotatable bonds is 4. The molecule has 0 aliphatic carbocycles. The highest BCUT2D eigenvalue weighted by molar-refractivity contribution is 7.89. The Hall–Kier alpha value is -2.78. The molecule has 3 rings (SSSR count). The third-order valence-corrected chi connectivity index (χ3v) is 6.76. The molecule has 1 heterocycles. The first-order valence-electron chi connectivity index (χ1n) is 10.7. The largest absolute Gasteiger partial charge is 0.444 e. The average molecular weight is 461 g/mol.